The molecule has 3 aromatic carbocycles. The van der Waals surface area contributed by atoms with E-state index in [9.17, 15) is 4.79 Å². The average molecular weight is 492 g/mol. The van der Waals surface area contributed by atoms with Crippen LogP contribution in [0.25, 0.3) is 11.1 Å². The highest BCUT2D eigenvalue weighted by Gasteiger charge is 2.15. The van der Waals surface area contributed by atoms with Gasteiger partial charge >= 0.3 is 0 Å². The van der Waals surface area contributed by atoms with Crippen molar-refractivity contribution in [2.24, 2.45) is 0 Å². The number of carbonyl (C=O) groups is 1. The van der Waals surface area contributed by atoms with Crippen LogP contribution in [-0.4, -0.2) is 25.7 Å². The lowest BCUT2D eigenvalue weighted by Gasteiger charge is -2.11. The highest BCUT2D eigenvalue weighted by Crippen LogP contribution is 2.23. The first-order chi connectivity index (χ1) is 17.8. The second-order valence-electron chi connectivity index (χ2n) is 8.24. The van der Waals surface area contributed by atoms with E-state index in [-0.39, 0.29) is 12.5 Å². The van der Waals surface area contributed by atoms with Crippen LogP contribution in [0.3, 0.4) is 0 Å². The molecule has 0 unspecified atom stereocenters. The lowest BCUT2D eigenvalue weighted by atomic mass is 10.0. The van der Waals surface area contributed by atoms with E-state index in [4.69, 9.17) is 0 Å². The maximum absolute atomic E-state index is 12.9. The van der Waals surface area contributed by atoms with E-state index in [0.29, 0.717) is 17.9 Å². The minimum absolute atomic E-state index is 0.144. The van der Waals surface area contributed by atoms with Gasteiger partial charge in [0.15, 0.2) is 11.0 Å². The Morgan fingerprint density at radius 1 is 0.750 bits per heavy atom. The normalized spacial score (nSPS) is 10.8. The van der Waals surface area contributed by atoms with Crippen LogP contribution in [0.15, 0.2) is 115 Å². The number of nitrogens with zero attached hydrogens (tertiary/aromatic N) is 4. The van der Waals surface area contributed by atoms with Gasteiger partial charge in [-0.25, -0.2) is 0 Å². The zero-order valence-electron chi connectivity index (χ0n) is 19.6. The molecule has 0 aliphatic heterocycles. The molecule has 0 saturated heterocycles. The number of pyridine rings is 1. The zero-order valence-corrected chi connectivity index (χ0v) is 20.4. The lowest BCUT2D eigenvalue weighted by Crippen LogP contribution is -2.25. The monoisotopic (exact) mass is 491 g/mol. The van der Waals surface area contributed by atoms with Gasteiger partial charge in [-0.3, -0.25) is 9.78 Å². The third-order valence-electron chi connectivity index (χ3n) is 5.76. The van der Waals surface area contributed by atoms with Gasteiger partial charge in [0, 0.05) is 23.7 Å². The number of nitrogens with one attached hydrogen (secondary N) is 1. The third kappa shape index (κ3) is 5.87. The minimum Gasteiger partial charge on any atom is -0.345 e. The summed E-state index contributed by atoms with van der Waals surface area (Å²) in [7, 11) is 0. The van der Waals surface area contributed by atoms with Crippen molar-refractivity contribution < 1.29 is 4.79 Å². The Morgan fingerprint density at radius 2 is 1.42 bits per heavy atom. The molecule has 0 radical (unpaired) electrons. The van der Waals surface area contributed by atoms with E-state index >= 15 is 0 Å². The van der Waals surface area contributed by atoms with E-state index in [1.165, 1.54) is 0 Å². The van der Waals surface area contributed by atoms with E-state index in [2.05, 4.69) is 49.3 Å². The minimum atomic E-state index is -0.144. The first kappa shape index (κ1) is 23.5. The van der Waals surface area contributed by atoms with Gasteiger partial charge in [-0.2, -0.15) is 0 Å². The van der Waals surface area contributed by atoms with Gasteiger partial charge < -0.3 is 9.88 Å². The molecule has 0 spiro atoms. The SMILES string of the molecule is O=C(NCc1nnc(SCc2ccncc2)n1Cc1ccccc1)c1ccc(-c2ccccc2)cc1. The number of aromatic nitrogens is 4. The number of rotatable bonds is 9. The Labute approximate surface area is 214 Å². The Morgan fingerprint density at radius 3 is 2.14 bits per heavy atom. The Kier molecular flexibility index (Phi) is 7.49. The molecule has 1 amide bonds. The van der Waals surface area contributed by atoms with Crippen molar-refractivity contribution in [3.8, 4) is 11.1 Å². The van der Waals surface area contributed by atoms with Crippen molar-refractivity contribution in [2.45, 2.75) is 24.0 Å². The topological polar surface area (TPSA) is 72.7 Å². The average Bonchev–Trinajstić information content (AvgIpc) is 3.33. The molecular formula is C29H25N5OS. The summed E-state index contributed by atoms with van der Waals surface area (Å²) in [5.41, 5.74) is 5.11. The second kappa shape index (κ2) is 11.5. The number of carbonyl (C=O) groups excluding carboxylic acids is 1. The van der Waals surface area contributed by atoms with Gasteiger partial charge in [0.25, 0.3) is 5.91 Å². The Bertz CT molecular complexity index is 1410. The van der Waals surface area contributed by atoms with Crippen LogP contribution in [0.2, 0.25) is 0 Å². The highest BCUT2D eigenvalue weighted by molar-refractivity contribution is 7.98. The Hall–Kier alpha value is -4.23. The fourth-order valence-electron chi connectivity index (χ4n) is 3.81. The van der Waals surface area contributed by atoms with E-state index < -0.39 is 0 Å². The molecule has 0 saturated carbocycles. The summed E-state index contributed by atoms with van der Waals surface area (Å²) in [5, 5.41) is 12.7. The van der Waals surface area contributed by atoms with Crippen LogP contribution < -0.4 is 5.32 Å². The van der Waals surface area contributed by atoms with Crippen LogP contribution in [0.4, 0.5) is 0 Å². The standard InChI is InChI=1S/C29H25N5OS/c35-28(26-13-11-25(12-14-26)24-9-5-2-6-10-24)31-19-27-32-33-29(36-21-23-15-17-30-18-16-23)34(27)20-22-7-3-1-4-8-22/h1-18H,19-21H2,(H,31,35). The molecule has 36 heavy (non-hydrogen) atoms. The highest BCUT2D eigenvalue weighted by atomic mass is 32.2. The molecule has 7 heteroatoms. The molecule has 2 aromatic heterocycles. The van der Waals surface area contributed by atoms with Crippen molar-refractivity contribution in [3.63, 3.8) is 0 Å². The molecule has 0 bridgehead atoms. The first-order valence-corrected chi connectivity index (χ1v) is 12.7. The van der Waals surface area contributed by atoms with Gasteiger partial charge in [-0.15, -0.1) is 10.2 Å². The molecular weight excluding hydrogens is 466 g/mol. The first-order valence-electron chi connectivity index (χ1n) is 11.7. The zero-order chi connectivity index (χ0) is 24.6. The molecule has 5 aromatic rings. The molecule has 5 rings (SSSR count). The fraction of sp³-hybridized carbons (Fsp3) is 0.103. The number of thioether (sulfide) groups is 1. The quantitative estimate of drug-likeness (QED) is 0.271. The Balaban J connectivity index is 1.29. The lowest BCUT2D eigenvalue weighted by molar-refractivity contribution is 0.0949. The fourth-order valence-corrected chi connectivity index (χ4v) is 4.73. The number of hydrogen-bond acceptors (Lipinski definition) is 5. The van der Waals surface area contributed by atoms with E-state index in [0.717, 1.165) is 33.2 Å². The van der Waals surface area contributed by atoms with Crippen LogP contribution >= 0.6 is 11.8 Å². The van der Waals surface area contributed by atoms with Gasteiger partial charge in [-0.05, 0) is 46.5 Å². The van der Waals surface area contributed by atoms with Crippen molar-refractivity contribution in [2.75, 3.05) is 0 Å². The van der Waals surface area contributed by atoms with Crippen molar-refractivity contribution in [1.29, 1.82) is 0 Å². The number of hydrogen-bond donors (Lipinski definition) is 1. The van der Waals surface area contributed by atoms with E-state index in [1.54, 1.807) is 24.2 Å². The molecule has 0 aliphatic rings. The molecule has 2 heterocycles. The maximum atomic E-state index is 12.9. The van der Waals surface area contributed by atoms with Crippen LogP contribution in [0, 0.1) is 0 Å². The summed E-state index contributed by atoms with van der Waals surface area (Å²) in [6.07, 6.45) is 3.58. The van der Waals surface area contributed by atoms with Crippen LogP contribution in [0.1, 0.15) is 27.3 Å². The molecule has 0 aliphatic carbocycles. The van der Waals surface area contributed by atoms with Gasteiger partial charge in [-0.1, -0.05) is 84.6 Å². The summed E-state index contributed by atoms with van der Waals surface area (Å²) < 4.78 is 2.07. The number of benzene rings is 3. The second-order valence-corrected chi connectivity index (χ2v) is 9.18. The largest absolute Gasteiger partial charge is 0.345 e. The molecule has 6 nitrogen and oxygen atoms in total. The summed E-state index contributed by atoms with van der Waals surface area (Å²) in [4.78, 5) is 17.0. The molecule has 0 fully saturated rings. The molecule has 178 valence electrons. The smallest absolute Gasteiger partial charge is 0.251 e. The van der Waals surface area contributed by atoms with Crippen LogP contribution in [0.5, 0.6) is 0 Å². The van der Waals surface area contributed by atoms with Crippen LogP contribution in [-0.2, 0) is 18.8 Å². The summed E-state index contributed by atoms with van der Waals surface area (Å²) in [6.45, 7) is 0.915. The van der Waals surface area contributed by atoms with Gasteiger partial charge in [0.2, 0.25) is 0 Å². The summed E-state index contributed by atoms with van der Waals surface area (Å²) in [6, 6.07) is 31.9. The predicted octanol–water partition coefficient (Wildman–Crippen LogP) is 5.61. The molecule has 1 N–H and O–H groups in total. The van der Waals surface area contributed by atoms with E-state index in [1.807, 2.05) is 72.8 Å². The molecule has 0 atom stereocenters. The van der Waals surface area contributed by atoms with Crippen molar-refractivity contribution >= 4 is 17.7 Å². The van der Waals surface area contributed by atoms with Crippen molar-refractivity contribution in [1.82, 2.24) is 25.1 Å². The van der Waals surface area contributed by atoms with Crippen molar-refractivity contribution in [3.05, 3.63) is 132 Å². The third-order valence-corrected chi connectivity index (χ3v) is 6.79. The van der Waals surface area contributed by atoms with Gasteiger partial charge in [0.1, 0.15) is 0 Å². The summed E-state index contributed by atoms with van der Waals surface area (Å²) in [5.74, 6) is 1.33. The number of amides is 1. The maximum Gasteiger partial charge on any atom is 0.251 e. The predicted molar refractivity (Wildman–Crippen MR) is 142 cm³/mol. The summed E-state index contributed by atoms with van der Waals surface area (Å²) >= 11 is 1.62. The van der Waals surface area contributed by atoms with Gasteiger partial charge in [0.05, 0.1) is 13.1 Å².